The molecular weight excluding hydrogens is 703 g/mol. The minimum atomic E-state index is 0.625. The van der Waals surface area contributed by atoms with Crippen LogP contribution in [0.4, 0.5) is 0 Å². The summed E-state index contributed by atoms with van der Waals surface area (Å²) in [6.45, 7) is 0. The number of aromatic nitrogens is 3. The second kappa shape index (κ2) is 13.3. The van der Waals surface area contributed by atoms with Crippen LogP contribution in [-0.2, 0) is 0 Å². The SMILES string of the molecule is c1ccc(-c2cccc(-c3nc(-c4ccc(-c5ccc6c(c5)oc5ccc(-c7ccccc7)cc56)cc4)nc(-c4ccc5c(c4)sc4ccccc45)n3)c2)cc1. The summed E-state index contributed by atoms with van der Waals surface area (Å²) in [5.41, 5.74) is 11.4. The van der Waals surface area contributed by atoms with E-state index in [1.807, 2.05) is 12.1 Å². The molecule has 5 heteroatoms. The number of thiophene rings is 1. The Morgan fingerprint density at radius 1 is 0.286 bits per heavy atom. The average molecular weight is 734 g/mol. The lowest BCUT2D eigenvalue weighted by Gasteiger charge is -2.10. The van der Waals surface area contributed by atoms with Crippen molar-refractivity contribution in [3.05, 3.63) is 188 Å². The molecule has 3 aromatic heterocycles. The van der Waals surface area contributed by atoms with Gasteiger partial charge in [-0.2, -0.15) is 0 Å². The van der Waals surface area contributed by atoms with E-state index in [0.29, 0.717) is 17.5 Å². The van der Waals surface area contributed by atoms with E-state index in [1.165, 1.54) is 31.3 Å². The van der Waals surface area contributed by atoms with Crippen LogP contribution in [0, 0.1) is 0 Å². The molecule has 0 aliphatic carbocycles. The number of hydrogen-bond acceptors (Lipinski definition) is 5. The van der Waals surface area contributed by atoms with Crippen LogP contribution in [0.5, 0.6) is 0 Å². The molecular formula is C51H31N3OS. The Labute approximate surface area is 327 Å². The van der Waals surface area contributed by atoms with Gasteiger partial charge in [0.15, 0.2) is 17.5 Å². The van der Waals surface area contributed by atoms with E-state index in [4.69, 9.17) is 19.4 Å². The molecule has 0 saturated heterocycles. The number of hydrogen-bond donors (Lipinski definition) is 0. The van der Waals surface area contributed by atoms with Crippen molar-refractivity contribution in [1.29, 1.82) is 0 Å². The topological polar surface area (TPSA) is 51.8 Å². The third-order valence-corrected chi connectivity index (χ3v) is 11.7. The highest BCUT2D eigenvalue weighted by molar-refractivity contribution is 7.25. The van der Waals surface area contributed by atoms with Crippen molar-refractivity contribution < 1.29 is 4.42 Å². The van der Waals surface area contributed by atoms with Gasteiger partial charge in [0.25, 0.3) is 0 Å². The second-order valence-corrected chi connectivity index (χ2v) is 15.1. The number of rotatable bonds is 6. The van der Waals surface area contributed by atoms with Crippen LogP contribution >= 0.6 is 11.3 Å². The minimum Gasteiger partial charge on any atom is -0.456 e. The molecule has 0 fully saturated rings. The lowest BCUT2D eigenvalue weighted by Crippen LogP contribution is -2.00. The van der Waals surface area contributed by atoms with Crippen molar-refractivity contribution in [2.45, 2.75) is 0 Å². The summed E-state index contributed by atoms with van der Waals surface area (Å²) >= 11 is 1.79. The number of furan rings is 1. The van der Waals surface area contributed by atoms with Crippen molar-refractivity contribution in [2.24, 2.45) is 0 Å². The molecule has 56 heavy (non-hydrogen) atoms. The Bertz CT molecular complexity index is 3240. The Morgan fingerprint density at radius 2 is 0.786 bits per heavy atom. The van der Waals surface area contributed by atoms with Crippen LogP contribution in [0.3, 0.4) is 0 Å². The number of nitrogens with zero attached hydrogens (tertiary/aromatic N) is 3. The lowest BCUT2D eigenvalue weighted by atomic mass is 10.0. The molecule has 0 spiro atoms. The summed E-state index contributed by atoms with van der Waals surface area (Å²) in [5, 5.41) is 4.73. The van der Waals surface area contributed by atoms with E-state index in [2.05, 4.69) is 176 Å². The molecule has 0 aliphatic rings. The van der Waals surface area contributed by atoms with Crippen molar-refractivity contribution in [3.8, 4) is 67.5 Å². The maximum atomic E-state index is 6.36. The fourth-order valence-corrected chi connectivity index (χ4v) is 8.82. The summed E-state index contributed by atoms with van der Waals surface area (Å²) in [5.74, 6) is 1.90. The van der Waals surface area contributed by atoms with Gasteiger partial charge < -0.3 is 4.42 Å². The summed E-state index contributed by atoms with van der Waals surface area (Å²) in [6, 6.07) is 65.7. The average Bonchev–Trinajstić information content (AvgIpc) is 3.84. The molecule has 8 aromatic carbocycles. The Balaban J connectivity index is 0.982. The molecule has 0 unspecified atom stereocenters. The Kier molecular flexibility index (Phi) is 7.64. The van der Waals surface area contributed by atoms with Crippen LogP contribution in [0.1, 0.15) is 0 Å². The van der Waals surface area contributed by atoms with Gasteiger partial charge in [-0.05, 0) is 75.8 Å². The van der Waals surface area contributed by atoms with Crippen LogP contribution in [0.15, 0.2) is 192 Å². The zero-order valence-corrected chi connectivity index (χ0v) is 30.9. The van der Waals surface area contributed by atoms with Crippen molar-refractivity contribution in [1.82, 2.24) is 15.0 Å². The van der Waals surface area contributed by atoms with Crippen molar-refractivity contribution >= 4 is 53.4 Å². The van der Waals surface area contributed by atoms with Gasteiger partial charge in [0.2, 0.25) is 0 Å². The molecule has 0 saturated carbocycles. The first-order chi connectivity index (χ1) is 27.7. The van der Waals surface area contributed by atoms with Gasteiger partial charge in [0.1, 0.15) is 11.2 Å². The van der Waals surface area contributed by atoms with Crippen molar-refractivity contribution in [3.63, 3.8) is 0 Å². The fourth-order valence-electron chi connectivity index (χ4n) is 7.68. The van der Waals surface area contributed by atoms with Gasteiger partial charge >= 0.3 is 0 Å². The predicted octanol–water partition coefficient (Wildman–Crippen LogP) is 14.1. The standard InChI is InChI=1S/C51H31N3OS/c1-3-10-32(11-4-1)36-14-9-15-39(28-36)50-52-49(53-51(54-50)40-23-26-43-42-16-7-8-17-47(42)56-48(43)31-40)35-20-18-34(19-21-35)38-22-25-41-44-29-37(33-12-5-2-6-13-33)24-27-45(44)55-46(41)30-38/h1-31H. The quantitative estimate of drug-likeness (QED) is 0.171. The van der Waals surface area contributed by atoms with Gasteiger partial charge in [0.05, 0.1) is 0 Å². The summed E-state index contributed by atoms with van der Waals surface area (Å²) in [4.78, 5) is 15.3. The highest BCUT2D eigenvalue weighted by Crippen LogP contribution is 2.38. The fraction of sp³-hybridized carbons (Fsp3) is 0. The van der Waals surface area contributed by atoms with Gasteiger partial charge in [-0.15, -0.1) is 11.3 Å². The maximum Gasteiger partial charge on any atom is 0.164 e. The van der Waals surface area contributed by atoms with Gasteiger partial charge in [0, 0.05) is 47.6 Å². The third kappa shape index (κ3) is 5.74. The lowest BCUT2D eigenvalue weighted by molar-refractivity contribution is 0.669. The molecule has 0 aliphatic heterocycles. The zero-order chi connectivity index (χ0) is 37.0. The summed E-state index contributed by atoms with van der Waals surface area (Å²) in [7, 11) is 0. The van der Waals surface area contributed by atoms with E-state index < -0.39 is 0 Å². The first-order valence-corrected chi connectivity index (χ1v) is 19.5. The monoisotopic (exact) mass is 733 g/mol. The van der Waals surface area contributed by atoms with Crippen LogP contribution in [0.25, 0.3) is 110 Å². The molecule has 4 nitrogen and oxygen atoms in total. The molecule has 0 amide bonds. The number of benzene rings is 8. The van der Waals surface area contributed by atoms with Crippen LogP contribution < -0.4 is 0 Å². The number of fused-ring (bicyclic) bond motifs is 6. The highest BCUT2D eigenvalue weighted by Gasteiger charge is 2.16. The smallest absolute Gasteiger partial charge is 0.164 e. The highest BCUT2D eigenvalue weighted by atomic mass is 32.1. The molecule has 11 rings (SSSR count). The van der Waals surface area contributed by atoms with Gasteiger partial charge in [-0.1, -0.05) is 146 Å². The Hall–Kier alpha value is -7.21. The second-order valence-electron chi connectivity index (χ2n) is 14.0. The third-order valence-electron chi connectivity index (χ3n) is 10.6. The molecule has 0 radical (unpaired) electrons. The van der Waals surface area contributed by atoms with Crippen LogP contribution in [0.2, 0.25) is 0 Å². The zero-order valence-electron chi connectivity index (χ0n) is 30.1. The summed E-state index contributed by atoms with van der Waals surface area (Å²) < 4.78 is 8.84. The Morgan fingerprint density at radius 3 is 1.55 bits per heavy atom. The van der Waals surface area contributed by atoms with Gasteiger partial charge in [-0.25, -0.2) is 15.0 Å². The van der Waals surface area contributed by atoms with Crippen LogP contribution in [-0.4, -0.2) is 15.0 Å². The van der Waals surface area contributed by atoms with E-state index in [9.17, 15) is 0 Å². The molecule has 3 heterocycles. The van der Waals surface area contributed by atoms with E-state index in [0.717, 1.165) is 60.9 Å². The minimum absolute atomic E-state index is 0.625. The first-order valence-electron chi connectivity index (χ1n) is 18.7. The van der Waals surface area contributed by atoms with E-state index >= 15 is 0 Å². The van der Waals surface area contributed by atoms with E-state index in [-0.39, 0.29) is 0 Å². The molecule has 0 N–H and O–H groups in total. The largest absolute Gasteiger partial charge is 0.456 e. The van der Waals surface area contributed by atoms with Crippen molar-refractivity contribution in [2.75, 3.05) is 0 Å². The van der Waals surface area contributed by atoms with Gasteiger partial charge in [-0.3, -0.25) is 0 Å². The molecule has 11 aromatic rings. The van der Waals surface area contributed by atoms with E-state index in [1.54, 1.807) is 11.3 Å². The maximum absolute atomic E-state index is 6.36. The molecule has 262 valence electrons. The first kappa shape index (κ1) is 32.2. The molecule has 0 bridgehead atoms. The predicted molar refractivity (Wildman–Crippen MR) is 233 cm³/mol. The summed E-state index contributed by atoms with van der Waals surface area (Å²) in [6.07, 6.45) is 0. The normalized spacial score (nSPS) is 11.6. The molecule has 0 atom stereocenters.